The second kappa shape index (κ2) is 15.2. The Balaban J connectivity index is 1.31. The zero-order valence-corrected chi connectivity index (χ0v) is 29.8. The maximum Gasteiger partial charge on any atom is 0.264 e. The highest BCUT2D eigenvalue weighted by molar-refractivity contribution is 6.12. The van der Waals surface area contributed by atoms with Crippen molar-refractivity contribution in [2.75, 3.05) is 51.5 Å². The number of amides is 2. The smallest absolute Gasteiger partial charge is 0.264 e. The number of carbonyl (C=O) groups excluding carboxylic acids is 2. The van der Waals surface area contributed by atoms with E-state index in [0.29, 0.717) is 85.3 Å². The fraction of sp³-hybridized carbons (Fsp3) is 0.317. The number of phenolic OH excluding ortho intramolecular Hbond substituents is 1. The van der Waals surface area contributed by atoms with Gasteiger partial charge < -0.3 is 28.6 Å². The molecule has 2 aliphatic heterocycles. The van der Waals surface area contributed by atoms with Crippen LogP contribution in [0.5, 0.6) is 5.75 Å². The molecule has 2 amide bonds. The van der Waals surface area contributed by atoms with Crippen molar-refractivity contribution in [2.24, 2.45) is 7.05 Å². The molecule has 1 fully saturated rings. The lowest BCUT2D eigenvalue weighted by molar-refractivity contribution is 0.0193. The SMILES string of the molecule is COCCn1c(-c2cc(F)ccc2C(=O)N2Cc3ccccc3C[C@H]2CN2CCOCC2)cc(C(=O)N(c2ccc(O)cc2)c2ccn(C)c2)c1C. The molecule has 1 atom stereocenters. The fourth-order valence-electron chi connectivity index (χ4n) is 7.42. The molecule has 270 valence electrons. The summed E-state index contributed by atoms with van der Waals surface area (Å²) >= 11 is 0. The maximum absolute atomic E-state index is 15.3. The highest BCUT2D eigenvalue weighted by atomic mass is 19.1. The van der Waals surface area contributed by atoms with Crippen molar-refractivity contribution in [3.8, 4) is 17.0 Å². The zero-order chi connectivity index (χ0) is 36.4. The van der Waals surface area contributed by atoms with Crippen molar-refractivity contribution in [2.45, 2.75) is 32.5 Å². The number of hydrogen-bond acceptors (Lipinski definition) is 6. The quantitative estimate of drug-likeness (QED) is 0.187. The highest BCUT2D eigenvalue weighted by Crippen LogP contribution is 2.36. The first kappa shape index (κ1) is 35.2. The fourth-order valence-corrected chi connectivity index (χ4v) is 7.42. The Morgan fingerprint density at radius 3 is 2.42 bits per heavy atom. The van der Waals surface area contributed by atoms with E-state index in [1.807, 2.05) is 58.6 Å². The third-order valence-corrected chi connectivity index (χ3v) is 10.2. The van der Waals surface area contributed by atoms with E-state index >= 15 is 4.39 Å². The Labute approximate surface area is 303 Å². The van der Waals surface area contributed by atoms with Gasteiger partial charge in [0, 0.05) is 87.8 Å². The van der Waals surface area contributed by atoms with Crippen molar-refractivity contribution in [3.63, 3.8) is 0 Å². The zero-order valence-electron chi connectivity index (χ0n) is 29.8. The number of carbonyl (C=O) groups is 2. The first-order valence-electron chi connectivity index (χ1n) is 17.6. The predicted molar refractivity (Wildman–Crippen MR) is 197 cm³/mol. The first-order valence-corrected chi connectivity index (χ1v) is 17.6. The van der Waals surface area contributed by atoms with Crippen LogP contribution in [0.4, 0.5) is 15.8 Å². The first-order chi connectivity index (χ1) is 25.2. The molecule has 1 N–H and O–H groups in total. The average molecular weight is 706 g/mol. The lowest BCUT2D eigenvalue weighted by Crippen LogP contribution is -2.52. The van der Waals surface area contributed by atoms with Crippen LogP contribution in [0, 0.1) is 12.7 Å². The minimum atomic E-state index is -0.486. The molecule has 0 radical (unpaired) electrons. The molecule has 1 saturated heterocycles. The van der Waals surface area contributed by atoms with E-state index in [1.54, 1.807) is 36.3 Å². The monoisotopic (exact) mass is 705 g/mol. The molecule has 52 heavy (non-hydrogen) atoms. The van der Waals surface area contributed by atoms with Gasteiger partial charge >= 0.3 is 0 Å². The number of morpholine rings is 1. The largest absolute Gasteiger partial charge is 0.508 e. The summed E-state index contributed by atoms with van der Waals surface area (Å²) in [5, 5.41) is 10.0. The second-order valence-electron chi connectivity index (χ2n) is 13.5. The minimum Gasteiger partial charge on any atom is -0.508 e. The number of nitrogens with zero attached hydrogens (tertiary/aromatic N) is 5. The summed E-state index contributed by atoms with van der Waals surface area (Å²) in [6.45, 7) is 6.62. The van der Waals surface area contributed by atoms with E-state index in [9.17, 15) is 14.7 Å². The van der Waals surface area contributed by atoms with Crippen LogP contribution < -0.4 is 4.90 Å². The van der Waals surface area contributed by atoms with E-state index in [0.717, 1.165) is 18.7 Å². The van der Waals surface area contributed by atoms with E-state index < -0.39 is 5.82 Å². The molecule has 2 aromatic heterocycles. The van der Waals surface area contributed by atoms with Gasteiger partial charge in [-0.25, -0.2) is 4.39 Å². The van der Waals surface area contributed by atoms with Crippen molar-refractivity contribution in [1.82, 2.24) is 18.9 Å². The molecule has 7 rings (SSSR count). The van der Waals surface area contributed by atoms with Crippen LogP contribution in [0.15, 0.2) is 91.3 Å². The summed E-state index contributed by atoms with van der Waals surface area (Å²) in [5.41, 5.74) is 5.89. The van der Waals surface area contributed by atoms with Gasteiger partial charge in [-0.15, -0.1) is 0 Å². The number of hydrogen-bond donors (Lipinski definition) is 1. The molecule has 11 heteroatoms. The molecule has 0 unspecified atom stereocenters. The minimum absolute atomic E-state index is 0.0843. The van der Waals surface area contributed by atoms with Gasteiger partial charge in [-0.05, 0) is 79.1 Å². The normalized spacial score (nSPS) is 16.2. The molecule has 0 spiro atoms. The van der Waals surface area contributed by atoms with Crippen LogP contribution in [0.2, 0.25) is 0 Å². The van der Waals surface area contributed by atoms with Gasteiger partial charge in [-0.3, -0.25) is 19.4 Å². The van der Waals surface area contributed by atoms with Crippen LogP contribution in [-0.2, 0) is 36.0 Å². The molecule has 3 aromatic carbocycles. The van der Waals surface area contributed by atoms with Crippen LogP contribution in [-0.4, -0.2) is 88.5 Å². The molecular weight excluding hydrogens is 661 g/mol. The van der Waals surface area contributed by atoms with Gasteiger partial charge in [0.2, 0.25) is 0 Å². The molecule has 5 aromatic rings. The van der Waals surface area contributed by atoms with E-state index in [-0.39, 0.29) is 23.6 Å². The number of aryl methyl sites for hydroxylation is 1. The van der Waals surface area contributed by atoms with Crippen molar-refractivity contribution in [3.05, 3.63) is 125 Å². The number of benzene rings is 3. The van der Waals surface area contributed by atoms with Gasteiger partial charge in [0.1, 0.15) is 11.6 Å². The number of halogens is 1. The van der Waals surface area contributed by atoms with Crippen LogP contribution in [0.25, 0.3) is 11.3 Å². The third kappa shape index (κ3) is 7.12. The molecular formula is C41H44FN5O5. The van der Waals surface area contributed by atoms with Gasteiger partial charge in [-0.1, -0.05) is 24.3 Å². The molecule has 4 heterocycles. The molecule has 0 bridgehead atoms. The van der Waals surface area contributed by atoms with Crippen molar-refractivity contribution < 1.29 is 28.6 Å². The average Bonchev–Trinajstić information content (AvgIpc) is 3.73. The number of ether oxygens (including phenoxy) is 2. The summed E-state index contributed by atoms with van der Waals surface area (Å²) in [5.74, 6) is -0.904. The lowest BCUT2D eigenvalue weighted by Gasteiger charge is -2.40. The van der Waals surface area contributed by atoms with Gasteiger partial charge in [-0.2, -0.15) is 0 Å². The third-order valence-electron chi connectivity index (χ3n) is 10.2. The Bertz CT molecular complexity index is 2070. The number of anilines is 2. The Morgan fingerprint density at radius 1 is 0.962 bits per heavy atom. The van der Waals surface area contributed by atoms with Crippen LogP contribution in [0.3, 0.4) is 0 Å². The van der Waals surface area contributed by atoms with Crippen LogP contribution >= 0.6 is 0 Å². The maximum atomic E-state index is 15.3. The van der Waals surface area contributed by atoms with Gasteiger partial charge in [0.25, 0.3) is 11.8 Å². The summed E-state index contributed by atoms with van der Waals surface area (Å²) in [7, 11) is 3.48. The standard InChI is InChI=1S/C41H44FN5O5/c1-28-37(41(50)47(33-14-15-43(2)26-33)32-9-11-35(48)12-10-32)24-39(45(28)18-19-51-3)38-23-31(42)8-13-36(38)40(49)46-25-30-7-5-4-6-29(30)22-34(46)27-44-16-20-52-21-17-44/h4-15,23-24,26,34,48H,16-22,25,27H2,1-3H3/t34-/m0/s1. The predicted octanol–water partition coefficient (Wildman–Crippen LogP) is 6.17. The summed E-state index contributed by atoms with van der Waals surface area (Å²) in [6.07, 6.45) is 4.41. The topological polar surface area (TPSA) is 92.4 Å². The Hall–Kier alpha value is -5.23. The number of aromatic nitrogens is 2. The number of fused-ring (bicyclic) bond motifs is 1. The second-order valence-corrected chi connectivity index (χ2v) is 13.5. The van der Waals surface area contributed by atoms with Crippen LogP contribution in [0.1, 0.15) is 37.5 Å². The van der Waals surface area contributed by atoms with E-state index in [2.05, 4.69) is 17.0 Å². The molecule has 2 aliphatic rings. The van der Waals surface area contributed by atoms with E-state index in [4.69, 9.17) is 9.47 Å². The Kier molecular flexibility index (Phi) is 10.3. The van der Waals surface area contributed by atoms with E-state index in [1.165, 1.54) is 29.8 Å². The number of methoxy groups -OCH3 is 1. The summed E-state index contributed by atoms with van der Waals surface area (Å²) in [6, 6.07) is 22.5. The molecule has 0 aliphatic carbocycles. The highest BCUT2D eigenvalue weighted by Gasteiger charge is 2.34. The summed E-state index contributed by atoms with van der Waals surface area (Å²) in [4.78, 5) is 35.4. The molecule has 0 saturated carbocycles. The van der Waals surface area contributed by atoms with Crippen molar-refractivity contribution >= 4 is 23.2 Å². The van der Waals surface area contributed by atoms with Gasteiger partial charge in [0.15, 0.2) is 0 Å². The number of aromatic hydroxyl groups is 1. The number of rotatable bonds is 10. The Morgan fingerprint density at radius 2 is 1.71 bits per heavy atom. The summed E-state index contributed by atoms with van der Waals surface area (Å²) < 4.78 is 30.2. The van der Waals surface area contributed by atoms with Crippen molar-refractivity contribution in [1.29, 1.82) is 0 Å². The van der Waals surface area contributed by atoms with Gasteiger partial charge in [0.05, 0.1) is 36.8 Å². The lowest BCUT2D eigenvalue weighted by atomic mass is 9.92. The molecule has 10 nitrogen and oxygen atoms in total. The number of phenols is 1.